The second kappa shape index (κ2) is 5.51. The minimum atomic E-state index is 0.694. The normalized spacial score (nSPS) is 11.3. The molecule has 0 aliphatic heterocycles. The lowest BCUT2D eigenvalue weighted by Crippen LogP contribution is -1.89. The molecule has 0 aliphatic rings. The third-order valence-electron chi connectivity index (χ3n) is 2.91. The van der Waals surface area contributed by atoms with Crippen LogP contribution >= 0.6 is 15.9 Å². The van der Waals surface area contributed by atoms with E-state index in [2.05, 4.69) is 36.9 Å². The Morgan fingerprint density at radius 1 is 1.00 bits per heavy atom. The minimum absolute atomic E-state index is 0.694. The number of aryl methyl sites for hydroxylation is 1. The van der Waals surface area contributed by atoms with Crippen molar-refractivity contribution in [2.75, 3.05) is 0 Å². The molecule has 0 bridgehead atoms. The number of halogens is 1. The first-order valence-electron chi connectivity index (χ1n) is 6.25. The Morgan fingerprint density at radius 2 is 1.90 bits per heavy atom. The van der Waals surface area contributed by atoms with Crippen LogP contribution in [0, 0.1) is 6.92 Å². The SMILES string of the molecule is Cc1ccnc(C=Cc2ccc3cccc(Br)c3n2)n1. The van der Waals surface area contributed by atoms with Crippen LogP contribution in [-0.4, -0.2) is 15.0 Å². The first-order chi connectivity index (χ1) is 9.72. The fraction of sp³-hybridized carbons (Fsp3) is 0.0625. The highest BCUT2D eigenvalue weighted by atomic mass is 79.9. The molecular formula is C16H12BrN3. The van der Waals surface area contributed by atoms with Gasteiger partial charge in [0.15, 0.2) is 5.82 Å². The van der Waals surface area contributed by atoms with E-state index < -0.39 is 0 Å². The Kier molecular flexibility index (Phi) is 3.56. The van der Waals surface area contributed by atoms with Gasteiger partial charge in [-0.1, -0.05) is 18.2 Å². The monoisotopic (exact) mass is 325 g/mol. The molecule has 0 radical (unpaired) electrons. The fourth-order valence-electron chi connectivity index (χ4n) is 1.93. The number of rotatable bonds is 2. The van der Waals surface area contributed by atoms with Crippen LogP contribution in [0.2, 0.25) is 0 Å². The standard InChI is InChI=1S/C16H12BrN3/c1-11-9-10-18-15(19-11)8-7-13-6-5-12-3-2-4-14(17)16(12)20-13/h2-10H,1H3. The van der Waals surface area contributed by atoms with E-state index in [0.29, 0.717) is 5.82 Å². The molecule has 2 heterocycles. The summed E-state index contributed by atoms with van der Waals surface area (Å²) in [5.41, 5.74) is 2.79. The summed E-state index contributed by atoms with van der Waals surface area (Å²) in [4.78, 5) is 13.2. The van der Waals surface area contributed by atoms with Gasteiger partial charge < -0.3 is 0 Å². The summed E-state index contributed by atoms with van der Waals surface area (Å²) in [6, 6.07) is 12.0. The number of pyridine rings is 1. The zero-order valence-corrected chi connectivity index (χ0v) is 12.5. The second-order valence-electron chi connectivity index (χ2n) is 4.44. The van der Waals surface area contributed by atoms with Gasteiger partial charge in [-0.05, 0) is 53.2 Å². The van der Waals surface area contributed by atoms with Crippen molar-refractivity contribution in [2.45, 2.75) is 6.92 Å². The molecule has 3 rings (SSSR count). The van der Waals surface area contributed by atoms with Crippen molar-refractivity contribution in [2.24, 2.45) is 0 Å². The van der Waals surface area contributed by atoms with E-state index in [0.717, 1.165) is 26.8 Å². The highest BCUT2D eigenvalue weighted by Crippen LogP contribution is 2.22. The zero-order chi connectivity index (χ0) is 13.9. The maximum absolute atomic E-state index is 4.62. The molecule has 0 spiro atoms. The smallest absolute Gasteiger partial charge is 0.152 e. The predicted octanol–water partition coefficient (Wildman–Crippen LogP) is 4.27. The third kappa shape index (κ3) is 2.75. The van der Waals surface area contributed by atoms with E-state index in [4.69, 9.17) is 0 Å². The Labute approximate surface area is 125 Å². The first-order valence-corrected chi connectivity index (χ1v) is 7.05. The van der Waals surface area contributed by atoms with E-state index in [1.165, 1.54) is 0 Å². The maximum atomic E-state index is 4.62. The van der Waals surface area contributed by atoms with Gasteiger partial charge in [0.25, 0.3) is 0 Å². The Bertz CT molecular complexity index is 797. The molecule has 0 saturated heterocycles. The molecule has 0 unspecified atom stereocenters. The Balaban J connectivity index is 1.97. The third-order valence-corrected chi connectivity index (χ3v) is 3.55. The van der Waals surface area contributed by atoms with E-state index in [1.807, 2.05) is 49.4 Å². The highest BCUT2D eigenvalue weighted by Gasteiger charge is 2.00. The van der Waals surface area contributed by atoms with Crippen molar-refractivity contribution in [3.05, 3.63) is 64.3 Å². The molecule has 3 aromatic rings. The van der Waals surface area contributed by atoms with Crippen LogP contribution in [0.3, 0.4) is 0 Å². The summed E-state index contributed by atoms with van der Waals surface area (Å²) in [7, 11) is 0. The lowest BCUT2D eigenvalue weighted by molar-refractivity contribution is 1.08. The average molecular weight is 326 g/mol. The van der Waals surface area contributed by atoms with Crippen LogP contribution in [0.5, 0.6) is 0 Å². The van der Waals surface area contributed by atoms with Crippen LogP contribution in [0.25, 0.3) is 23.1 Å². The molecule has 0 saturated carbocycles. The van der Waals surface area contributed by atoms with Gasteiger partial charge in [-0.15, -0.1) is 0 Å². The number of benzene rings is 1. The summed E-state index contributed by atoms with van der Waals surface area (Å²) in [5, 5.41) is 1.11. The number of nitrogens with zero attached hydrogens (tertiary/aromatic N) is 3. The zero-order valence-electron chi connectivity index (χ0n) is 10.9. The van der Waals surface area contributed by atoms with E-state index in [-0.39, 0.29) is 0 Å². The van der Waals surface area contributed by atoms with Gasteiger partial charge in [0.2, 0.25) is 0 Å². The van der Waals surface area contributed by atoms with Gasteiger partial charge in [-0.3, -0.25) is 0 Å². The summed E-state index contributed by atoms with van der Waals surface area (Å²) in [6.07, 6.45) is 5.55. The van der Waals surface area contributed by atoms with Crippen LogP contribution in [0.4, 0.5) is 0 Å². The minimum Gasteiger partial charge on any atom is -0.247 e. The molecule has 4 heteroatoms. The Morgan fingerprint density at radius 3 is 2.75 bits per heavy atom. The molecule has 2 aromatic heterocycles. The average Bonchev–Trinajstić information content (AvgIpc) is 2.46. The summed E-state index contributed by atoms with van der Waals surface area (Å²) in [6.45, 7) is 1.95. The first kappa shape index (κ1) is 12.9. The van der Waals surface area contributed by atoms with Crippen molar-refractivity contribution >= 4 is 39.0 Å². The molecule has 0 amide bonds. The molecule has 0 aliphatic carbocycles. The van der Waals surface area contributed by atoms with Gasteiger partial charge >= 0.3 is 0 Å². The van der Waals surface area contributed by atoms with Gasteiger partial charge in [0.1, 0.15) is 0 Å². The molecule has 20 heavy (non-hydrogen) atoms. The number of para-hydroxylation sites is 1. The van der Waals surface area contributed by atoms with Crippen molar-refractivity contribution in [1.29, 1.82) is 0 Å². The Hall–Kier alpha value is -2.07. The van der Waals surface area contributed by atoms with Crippen LogP contribution in [-0.2, 0) is 0 Å². The van der Waals surface area contributed by atoms with Gasteiger partial charge in [0.05, 0.1) is 11.2 Å². The van der Waals surface area contributed by atoms with Crippen LogP contribution in [0.1, 0.15) is 17.2 Å². The summed E-state index contributed by atoms with van der Waals surface area (Å²) >= 11 is 3.53. The van der Waals surface area contributed by atoms with Gasteiger partial charge in [-0.25, -0.2) is 15.0 Å². The quantitative estimate of drug-likeness (QED) is 0.706. The fourth-order valence-corrected chi connectivity index (χ4v) is 2.40. The summed E-state index contributed by atoms with van der Waals surface area (Å²) < 4.78 is 0.997. The lowest BCUT2D eigenvalue weighted by atomic mass is 10.2. The van der Waals surface area contributed by atoms with Crippen molar-refractivity contribution in [3.8, 4) is 0 Å². The van der Waals surface area contributed by atoms with Crippen molar-refractivity contribution in [1.82, 2.24) is 15.0 Å². The predicted molar refractivity (Wildman–Crippen MR) is 85.1 cm³/mol. The molecule has 0 N–H and O–H groups in total. The van der Waals surface area contributed by atoms with E-state index in [9.17, 15) is 0 Å². The molecule has 3 nitrogen and oxygen atoms in total. The van der Waals surface area contributed by atoms with Crippen molar-refractivity contribution in [3.63, 3.8) is 0 Å². The second-order valence-corrected chi connectivity index (χ2v) is 5.29. The lowest BCUT2D eigenvalue weighted by Gasteiger charge is -2.01. The van der Waals surface area contributed by atoms with E-state index >= 15 is 0 Å². The van der Waals surface area contributed by atoms with E-state index in [1.54, 1.807) is 6.20 Å². The number of hydrogen-bond acceptors (Lipinski definition) is 3. The van der Waals surface area contributed by atoms with Crippen LogP contribution in [0.15, 0.2) is 47.1 Å². The molecule has 98 valence electrons. The topological polar surface area (TPSA) is 38.7 Å². The number of aromatic nitrogens is 3. The number of hydrogen-bond donors (Lipinski definition) is 0. The number of fused-ring (bicyclic) bond motifs is 1. The molecule has 0 fully saturated rings. The molecular weight excluding hydrogens is 314 g/mol. The largest absolute Gasteiger partial charge is 0.247 e. The molecule has 1 aromatic carbocycles. The van der Waals surface area contributed by atoms with Gasteiger partial charge in [0, 0.05) is 21.7 Å². The maximum Gasteiger partial charge on any atom is 0.152 e. The highest BCUT2D eigenvalue weighted by molar-refractivity contribution is 9.10. The van der Waals surface area contributed by atoms with Crippen molar-refractivity contribution < 1.29 is 0 Å². The van der Waals surface area contributed by atoms with Crippen LogP contribution < -0.4 is 0 Å². The summed E-state index contributed by atoms with van der Waals surface area (Å²) in [5.74, 6) is 0.694. The van der Waals surface area contributed by atoms with Gasteiger partial charge in [-0.2, -0.15) is 0 Å². The molecule has 0 atom stereocenters.